The normalized spacial score (nSPS) is 17.2. The molecule has 0 bridgehead atoms. The second-order valence-electron chi connectivity index (χ2n) is 6.73. The molecule has 122 valence electrons. The number of carbonyl (C=O) groups is 1. The highest BCUT2D eigenvalue weighted by atomic mass is 16.6. The van der Waals surface area contributed by atoms with Crippen LogP contribution in [0.5, 0.6) is 0 Å². The maximum Gasteiger partial charge on any atom is 0.412 e. The fourth-order valence-electron chi connectivity index (χ4n) is 2.71. The lowest BCUT2D eigenvalue weighted by molar-refractivity contribution is 0.0636. The van der Waals surface area contributed by atoms with Crippen LogP contribution in [0.3, 0.4) is 0 Å². The van der Waals surface area contributed by atoms with Gasteiger partial charge in [0.2, 0.25) is 0 Å². The molecule has 0 fully saturated rings. The summed E-state index contributed by atoms with van der Waals surface area (Å²) in [4.78, 5) is 11.8. The molecule has 5 heteroatoms. The average molecular weight is 305 g/mol. The van der Waals surface area contributed by atoms with Crippen molar-refractivity contribution in [1.29, 1.82) is 0 Å². The minimum Gasteiger partial charge on any atom is -0.444 e. The van der Waals surface area contributed by atoms with Gasteiger partial charge in [-0.15, -0.1) is 0 Å². The number of hydrogen-bond acceptors (Lipinski definition) is 4. The van der Waals surface area contributed by atoms with Gasteiger partial charge in [0.15, 0.2) is 0 Å². The lowest BCUT2D eigenvalue weighted by atomic mass is 10.1. The standard InChI is InChI=1S/C17H27N3O2/c1-17(2,3)22-16(21)20-13-6-7-14-12(11-13)5-8-15(14)19-10-4-9-18/h6-7,11,15,19H,4-5,8-10,18H2,1-3H3,(H,20,21). The number of fused-ring (bicyclic) bond motifs is 1. The van der Waals surface area contributed by atoms with Crippen LogP contribution < -0.4 is 16.4 Å². The first-order valence-corrected chi connectivity index (χ1v) is 7.95. The first-order chi connectivity index (χ1) is 10.4. The van der Waals surface area contributed by atoms with E-state index >= 15 is 0 Å². The van der Waals surface area contributed by atoms with Gasteiger partial charge >= 0.3 is 6.09 Å². The molecule has 22 heavy (non-hydrogen) atoms. The summed E-state index contributed by atoms with van der Waals surface area (Å²) in [5.74, 6) is 0. The van der Waals surface area contributed by atoms with Crippen molar-refractivity contribution < 1.29 is 9.53 Å². The van der Waals surface area contributed by atoms with Crippen LogP contribution in [0.1, 0.15) is 50.8 Å². The van der Waals surface area contributed by atoms with Gasteiger partial charge in [0.05, 0.1) is 0 Å². The van der Waals surface area contributed by atoms with Crippen LogP contribution in [0.4, 0.5) is 10.5 Å². The van der Waals surface area contributed by atoms with Crippen LogP contribution in [-0.4, -0.2) is 24.8 Å². The summed E-state index contributed by atoms with van der Waals surface area (Å²) < 4.78 is 5.27. The van der Waals surface area contributed by atoms with Crippen LogP contribution in [-0.2, 0) is 11.2 Å². The van der Waals surface area contributed by atoms with Crippen LogP contribution in [0.15, 0.2) is 18.2 Å². The fraction of sp³-hybridized carbons (Fsp3) is 0.588. The molecule has 0 spiro atoms. The molecule has 1 amide bonds. The van der Waals surface area contributed by atoms with Gasteiger partial charge in [0.25, 0.3) is 0 Å². The smallest absolute Gasteiger partial charge is 0.412 e. The Bertz CT molecular complexity index is 523. The van der Waals surface area contributed by atoms with Crippen molar-refractivity contribution in [3.8, 4) is 0 Å². The maximum atomic E-state index is 11.8. The summed E-state index contributed by atoms with van der Waals surface area (Å²) >= 11 is 0. The highest BCUT2D eigenvalue weighted by Gasteiger charge is 2.22. The zero-order valence-electron chi connectivity index (χ0n) is 13.7. The molecule has 1 aliphatic carbocycles. The molecule has 0 heterocycles. The van der Waals surface area contributed by atoms with Gasteiger partial charge in [-0.2, -0.15) is 0 Å². The van der Waals surface area contributed by atoms with Crippen LogP contribution in [0.25, 0.3) is 0 Å². The number of aryl methyl sites for hydroxylation is 1. The molecule has 1 unspecified atom stereocenters. The quantitative estimate of drug-likeness (QED) is 0.731. The number of rotatable bonds is 5. The lowest BCUT2D eigenvalue weighted by Crippen LogP contribution is -2.27. The highest BCUT2D eigenvalue weighted by Crippen LogP contribution is 2.33. The Hall–Kier alpha value is -1.59. The van der Waals surface area contributed by atoms with Crippen molar-refractivity contribution in [2.75, 3.05) is 18.4 Å². The van der Waals surface area contributed by atoms with Crippen molar-refractivity contribution in [3.63, 3.8) is 0 Å². The number of hydrogen-bond donors (Lipinski definition) is 3. The molecule has 5 nitrogen and oxygen atoms in total. The Kier molecular flexibility index (Phi) is 5.42. The van der Waals surface area contributed by atoms with Gasteiger partial charge in [-0.25, -0.2) is 4.79 Å². The van der Waals surface area contributed by atoms with Crippen molar-refractivity contribution >= 4 is 11.8 Å². The minimum atomic E-state index is -0.487. The number of carbonyl (C=O) groups excluding carboxylic acids is 1. The van der Waals surface area contributed by atoms with Gasteiger partial charge in [0.1, 0.15) is 5.60 Å². The minimum absolute atomic E-state index is 0.400. The van der Waals surface area contributed by atoms with E-state index in [2.05, 4.69) is 16.7 Å². The Morgan fingerprint density at radius 2 is 2.18 bits per heavy atom. The molecule has 0 aromatic heterocycles. The fourth-order valence-corrected chi connectivity index (χ4v) is 2.71. The number of benzene rings is 1. The predicted octanol–water partition coefficient (Wildman–Crippen LogP) is 2.96. The third-order valence-corrected chi connectivity index (χ3v) is 3.64. The average Bonchev–Trinajstić information content (AvgIpc) is 2.79. The molecule has 1 aromatic carbocycles. The molecule has 1 aliphatic rings. The molecule has 0 radical (unpaired) electrons. The van der Waals surface area contributed by atoms with Crippen molar-refractivity contribution in [2.45, 2.75) is 51.7 Å². The maximum absolute atomic E-state index is 11.8. The van der Waals surface area contributed by atoms with Gasteiger partial charge in [-0.3, -0.25) is 5.32 Å². The SMILES string of the molecule is CC(C)(C)OC(=O)Nc1ccc2c(c1)CCC2NCCCN. The van der Waals surface area contributed by atoms with E-state index in [0.717, 1.165) is 31.5 Å². The Morgan fingerprint density at radius 1 is 1.41 bits per heavy atom. The van der Waals surface area contributed by atoms with E-state index in [1.54, 1.807) is 0 Å². The number of anilines is 1. The van der Waals surface area contributed by atoms with E-state index in [-0.39, 0.29) is 0 Å². The molecular formula is C17H27N3O2. The van der Waals surface area contributed by atoms with Crippen LogP contribution in [0.2, 0.25) is 0 Å². The summed E-state index contributed by atoms with van der Waals surface area (Å²) in [7, 11) is 0. The third-order valence-electron chi connectivity index (χ3n) is 3.64. The molecule has 1 atom stereocenters. The number of nitrogens with two attached hydrogens (primary N) is 1. The Labute approximate surface area is 132 Å². The van der Waals surface area contributed by atoms with Crippen molar-refractivity contribution in [2.24, 2.45) is 5.73 Å². The Morgan fingerprint density at radius 3 is 2.86 bits per heavy atom. The molecular weight excluding hydrogens is 278 g/mol. The number of ether oxygens (including phenoxy) is 1. The number of amides is 1. The third kappa shape index (κ3) is 4.71. The monoisotopic (exact) mass is 305 g/mol. The Balaban J connectivity index is 1.96. The van der Waals surface area contributed by atoms with Gasteiger partial charge in [0, 0.05) is 11.7 Å². The largest absolute Gasteiger partial charge is 0.444 e. The topological polar surface area (TPSA) is 76.4 Å². The summed E-state index contributed by atoms with van der Waals surface area (Å²) in [6.07, 6.45) is 2.70. The van der Waals surface area contributed by atoms with E-state index in [1.165, 1.54) is 11.1 Å². The summed E-state index contributed by atoms with van der Waals surface area (Å²) in [5, 5.41) is 6.34. The summed E-state index contributed by atoms with van der Waals surface area (Å²) in [6, 6.07) is 6.47. The highest BCUT2D eigenvalue weighted by molar-refractivity contribution is 5.85. The summed E-state index contributed by atoms with van der Waals surface area (Å²) in [5.41, 5.74) is 8.44. The first kappa shape index (κ1) is 16.8. The van der Waals surface area contributed by atoms with E-state index < -0.39 is 11.7 Å². The van der Waals surface area contributed by atoms with E-state index in [4.69, 9.17) is 10.5 Å². The zero-order chi connectivity index (χ0) is 16.2. The van der Waals surface area contributed by atoms with Gasteiger partial charge in [-0.05, 0) is 76.4 Å². The molecule has 0 saturated heterocycles. The first-order valence-electron chi connectivity index (χ1n) is 7.95. The van der Waals surface area contributed by atoms with Crippen molar-refractivity contribution in [3.05, 3.63) is 29.3 Å². The lowest BCUT2D eigenvalue weighted by Gasteiger charge is -2.20. The van der Waals surface area contributed by atoms with Gasteiger partial charge in [-0.1, -0.05) is 6.07 Å². The van der Waals surface area contributed by atoms with Crippen LogP contribution in [0, 0.1) is 0 Å². The molecule has 1 aromatic rings. The van der Waals surface area contributed by atoms with E-state index in [9.17, 15) is 4.79 Å². The summed E-state index contributed by atoms with van der Waals surface area (Å²) in [6.45, 7) is 7.22. The van der Waals surface area contributed by atoms with E-state index in [1.807, 2.05) is 32.9 Å². The molecule has 2 rings (SSSR count). The predicted molar refractivity (Wildman–Crippen MR) is 89.0 cm³/mol. The zero-order valence-corrected chi connectivity index (χ0v) is 13.7. The van der Waals surface area contributed by atoms with Crippen LogP contribution >= 0.6 is 0 Å². The molecule has 0 saturated carbocycles. The second-order valence-corrected chi connectivity index (χ2v) is 6.73. The second kappa shape index (κ2) is 7.11. The number of nitrogens with one attached hydrogen (secondary N) is 2. The van der Waals surface area contributed by atoms with Crippen molar-refractivity contribution in [1.82, 2.24) is 5.32 Å². The molecule has 0 aliphatic heterocycles. The van der Waals surface area contributed by atoms with Gasteiger partial charge < -0.3 is 15.8 Å². The van der Waals surface area contributed by atoms with E-state index in [0.29, 0.717) is 12.6 Å². The molecule has 4 N–H and O–H groups in total.